The van der Waals surface area contributed by atoms with Gasteiger partial charge in [-0.25, -0.2) is 4.79 Å². The van der Waals surface area contributed by atoms with Gasteiger partial charge in [0.1, 0.15) is 0 Å². The molecule has 2 aliphatic rings. The van der Waals surface area contributed by atoms with E-state index in [1.807, 2.05) is 30.3 Å². The Labute approximate surface area is 131 Å². The summed E-state index contributed by atoms with van der Waals surface area (Å²) in [4.78, 5) is 25.9. The number of benzene rings is 1. The molecule has 3 rings (SSSR count). The molecule has 1 heterocycles. The highest BCUT2D eigenvalue weighted by atomic mass is 16.2. The predicted molar refractivity (Wildman–Crippen MR) is 85.7 cm³/mol. The molecule has 0 bridgehead atoms. The van der Waals surface area contributed by atoms with Crippen LogP contribution in [0.4, 0.5) is 10.5 Å². The molecule has 1 aliphatic carbocycles. The molecule has 1 atom stereocenters. The third-order valence-corrected chi connectivity index (χ3v) is 4.47. The first-order chi connectivity index (χ1) is 10.7. The van der Waals surface area contributed by atoms with Crippen molar-refractivity contribution in [1.82, 2.24) is 10.6 Å². The summed E-state index contributed by atoms with van der Waals surface area (Å²) < 4.78 is 0. The quantitative estimate of drug-likeness (QED) is 0.900. The van der Waals surface area contributed by atoms with Crippen LogP contribution >= 0.6 is 0 Å². The van der Waals surface area contributed by atoms with E-state index in [1.54, 1.807) is 4.90 Å². The number of carbonyl (C=O) groups is 2. The first-order valence-electron chi connectivity index (χ1n) is 8.15. The second-order valence-corrected chi connectivity index (χ2v) is 6.19. The van der Waals surface area contributed by atoms with Crippen molar-refractivity contribution < 1.29 is 9.59 Å². The molecule has 1 saturated carbocycles. The lowest BCUT2D eigenvalue weighted by atomic mass is 9.96. The minimum Gasteiger partial charge on any atom is -0.335 e. The molecule has 2 fully saturated rings. The van der Waals surface area contributed by atoms with Gasteiger partial charge in [-0.15, -0.1) is 0 Å². The van der Waals surface area contributed by atoms with Gasteiger partial charge < -0.3 is 15.5 Å². The molecule has 0 unspecified atom stereocenters. The molecule has 3 amide bonds. The number of rotatable bonds is 3. The summed E-state index contributed by atoms with van der Waals surface area (Å²) in [6.45, 7) is 0.543. The van der Waals surface area contributed by atoms with E-state index in [0.29, 0.717) is 13.0 Å². The van der Waals surface area contributed by atoms with Crippen molar-refractivity contribution in [2.75, 3.05) is 11.4 Å². The Balaban J connectivity index is 1.51. The van der Waals surface area contributed by atoms with E-state index in [9.17, 15) is 9.59 Å². The maximum atomic E-state index is 12.1. The molecule has 1 aromatic rings. The van der Waals surface area contributed by atoms with Gasteiger partial charge in [-0.1, -0.05) is 37.5 Å². The number of urea groups is 1. The van der Waals surface area contributed by atoms with Crippen molar-refractivity contribution in [1.29, 1.82) is 0 Å². The van der Waals surface area contributed by atoms with Crippen LogP contribution < -0.4 is 15.5 Å². The van der Waals surface area contributed by atoms with Crippen LogP contribution in [-0.4, -0.2) is 30.6 Å². The Bertz CT molecular complexity index is 526. The Morgan fingerprint density at radius 2 is 1.68 bits per heavy atom. The van der Waals surface area contributed by atoms with Gasteiger partial charge >= 0.3 is 6.03 Å². The smallest absolute Gasteiger partial charge is 0.315 e. The van der Waals surface area contributed by atoms with Gasteiger partial charge in [-0.05, 0) is 25.0 Å². The highest BCUT2D eigenvalue weighted by Crippen LogP contribution is 2.21. The fourth-order valence-corrected chi connectivity index (χ4v) is 3.32. The molecular weight excluding hydrogens is 278 g/mol. The average Bonchev–Trinajstić information content (AvgIpc) is 2.89. The lowest BCUT2D eigenvalue weighted by Gasteiger charge is -2.24. The summed E-state index contributed by atoms with van der Waals surface area (Å²) in [7, 11) is 0. The first-order valence-corrected chi connectivity index (χ1v) is 8.15. The number of para-hydroxylation sites is 1. The number of hydrogen-bond donors (Lipinski definition) is 2. The summed E-state index contributed by atoms with van der Waals surface area (Å²) >= 11 is 0. The van der Waals surface area contributed by atoms with Gasteiger partial charge in [0.15, 0.2) is 0 Å². The standard InChI is InChI=1S/C17H23N3O2/c21-16-11-14(12-20(16)15-9-5-2-6-10-15)19-17(22)18-13-7-3-1-4-8-13/h2,5-6,9-10,13-14H,1,3-4,7-8,11-12H2,(H2,18,19,22)/t14-/m0/s1. The third kappa shape index (κ3) is 3.59. The molecule has 0 aromatic heterocycles. The molecule has 0 radical (unpaired) electrons. The third-order valence-electron chi connectivity index (χ3n) is 4.47. The van der Waals surface area contributed by atoms with Crippen molar-refractivity contribution in [3.05, 3.63) is 30.3 Å². The van der Waals surface area contributed by atoms with E-state index in [2.05, 4.69) is 10.6 Å². The SMILES string of the molecule is O=C(NC1CCCCC1)N[C@H]1CC(=O)N(c2ccccc2)C1. The van der Waals surface area contributed by atoms with Crippen LogP contribution in [0.25, 0.3) is 0 Å². The van der Waals surface area contributed by atoms with Gasteiger partial charge in [0.05, 0.1) is 6.04 Å². The van der Waals surface area contributed by atoms with Gasteiger partial charge in [-0.2, -0.15) is 0 Å². The lowest BCUT2D eigenvalue weighted by Crippen LogP contribution is -2.47. The van der Waals surface area contributed by atoms with Gasteiger partial charge in [0.2, 0.25) is 5.91 Å². The predicted octanol–water partition coefficient (Wildman–Crippen LogP) is 2.42. The number of hydrogen-bond acceptors (Lipinski definition) is 2. The maximum Gasteiger partial charge on any atom is 0.315 e. The van der Waals surface area contributed by atoms with E-state index in [1.165, 1.54) is 19.3 Å². The molecule has 2 N–H and O–H groups in total. The largest absolute Gasteiger partial charge is 0.335 e. The van der Waals surface area contributed by atoms with Crippen LogP contribution in [0.3, 0.4) is 0 Å². The van der Waals surface area contributed by atoms with Gasteiger partial charge in [-0.3, -0.25) is 4.79 Å². The highest BCUT2D eigenvalue weighted by Gasteiger charge is 2.31. The van der Waals surface area contributed by atoms with Gasteiger partial charge in [0, 0.05) is 24.7 Å². The molecular formula is C17H23N3O2. The zero-order valence-corrected chi connectivity index (χ0v) is 12.8. The summed E-state index contributed by atoms with van der Waals surface area (Å²) in [5.41, 5.74) is 0.893. The summed E-state index contributed by atoms with van der Waals surface area (Å²) in [5, 5.41) is 5.98. The van der Waals surface area contributed by atoms with Crippen molar-refractivity contribution >= 4 is 17.6 Å². The molecule has 1 saturated heterocycles. The fourth-order valence-electron chi connectivity index (χ4n) is 3.32. The van der Waals surface area contributed by atoms with E-state index in [4.69, 9.17) is 0 Å². The van der Waals surface area contributed by atoms with Crippen molar-refractivity contribution in [3.8, 4) is 0 Å². The first kappa shape index (κ1) is 14.9. The van der Waals surface area contributed by atoms with Crippen LogP contribution in [0.2, 0.25) is 0 Å². The Morgan fingerprint density at radius 3 is 2.41 bits per heavy atom. The topological polar surface area (TPSA) is 61.4 Å². The zero-order valence-electron chi connectivity index (χ0n) is 12.8. The number of carbonyl (C=O) groups excluding carboxylic acids is 2. The van der Waals surface area contributed by atoms with Crippen molar-refractivity contribution in [3.63, 3.8) is 0 Å². The van der Waals surface area contributed by atoms with Gasteiger partial charge in [0.25, 0.3) is 0 Å². The monoisotopic (exact) mass is 301 g/mol. The molecule has 5 nitrogen and oxygen atoms in total. The number of amides is 3. The van der Waals surface area contributed by atoms with E-state index in [-0.39, 0.29) is 24.0 Å². The Morgan fingerprint density at radius 1 is 1.00 bits per heavy atom. The average molecular weight is 301 g/mol. The van der Waals surface area contributed by atoms with E-state index >= 15 is 0 Å². The molecule has 1 aromatic carbocycles. The second kappa shape index (κ2) is 6.81. The second-order valence-electron chi connectivity index (χ2n) is 6.19. The van der Waals surface area contributed by atoms with Crippen LogP contribution in [0.5, 0.6) is 0 Å². The Kier molecular flexibility index (Phi) is 4.61. The van der Waals surface area contributed by atoms with Crippen LogP contribution in [0, 0.1) is 0 Å². The zero-order chi connectivity index (χ0) is 15.4. The minimum absolute atomic E-state index is 0.0640. The number of anilines is 1. The lowest BCUT2D eigenvalue weighted by molar-refractivity contribution is -0.117. The van der Waals surface area contributed by atoms with Crippen LogP contribution in [0.15, 0.2) is 30.3 Å². The van der Waals surface area contributed by atoms with Crippen molar-refractivity contribution in [2.24, 2.45) is 0 Å². The maximum absolute atomic E-state index is 12.1. The van der Waals surface area contributed by atoms with E-state index < -0.39 is 0 Å². The minimum atomic E-state index is -0.139. The fraction of sp³-hybridized carbons (Fsp3) is 0.529. The normalized spacial score (nSPS) is 22.6. The molecule has 1 aliphatic heterocycles. The number of nitrogens with zero attached hydrogens (tertiary/aromatic N) is 1. The highest BCUT2D eigenvalue weighted by molar-refractivity contribution is 5.96. The summed E-state index contributed by atoms with van der Waals surface area (Å²) in [6, 6.07) is 9.63. The van der Waals surface area contributed by atoms with Crippen LogP contribution in [-0.2, 0) is 4.79 Å². The number of nitrogens with one attached hydrogen (secondary N) is 2. The summed E-state index contributed by atoms with van der Waals surface area (Å²) in [6.07, 6.45) is 6.14. The van der Waals surface area contributed by atoms with E-state index in [0.717, 1.165) is 18.5 Å². The van der Waals surface area contributed by atoms with Crippen LogP contribution in [0.1, 0.15) is 38.5 Å². The Hall–Kier alpha value is -2.04. The van der Waals surface area contributed by atoms with Crippen molar-refractivity contribution in [2.45, 2.75) is 50.6 Å². The molecule has 22 heavy (non-hydrogen) atoms. The molecule has 0 spiro atoms. The summed E-state index contributed by atoms with van der Waals surface area (Å²) in [5.74, 6) is 0.0640. The molecule has 118 valence electrons. The molecule has 5 heteroatoms.